The highest BCUT2D eigenvalue weighted by Crippen LogP contribution is 2.28. The molecule has 1 aliphatic rings. The van der Waals surface area contributed by atoms with Crippen molar-refractivity contribution in [3.05, 3.63) is 69.8 Å². The lowest BCUT2D eigenvalue weighted by Gasteiger charge is -2.27. The molecule has 1 unspecified atom stereocenters. The Hall–Kier alpha value is -4.35. The van der Waals surface area contributed by atoms with Gasteiger partial charge in [0, 0.05) is 6.07 Å². The first kappa shape index (κ1) is 22.3. The first-order chi connectivity index (χ1) is 15.4. The molecule has 1 aromatic heterocycles. The number of hydrogen-bond donors (Lipinski definition) is 2. The third-order valence-electron chi connectivity index (χ3n) is 4.26. The average Bonchev–Trinajstić information content (AvgIpc) is 3.31. The van der Waals surface area contributed by atoms with Crippen LogP contribution in [0.4, 0.5) is 10.5 Å². The first-order valence-corrected chi connectivity index (χ1v) is 9.43. The van der Waals surface area contributed by atoms with Gasteiger partial charge in [0.2, 0.25) is 0 Å². The van der Waals surface area contributed by atoms with Gasteiger partial charge in [-0.15, -0.1) is 0 Å². The number of hydrogen-bond acceptors (Lipinski definition) is 9. The third kappa shape index (κ3) is 5.22. The van der Waals surface area contributed by atoms with Crippen LogP contribution in [0.2, 0.25) is 0 Å². The molecule has 2 N–H and O–H groups in total. The summed E-state index contributed by atoms with van der Waals surface area (Å²) in [5.41, 5.74) is -0.291. The maximum atomic E-state index is 12.5. The first-order valence-electron chi connectivity index (χ1n) is 9.43. The Morgan fingerprint density at radius 2 is 1.97 bits per heavy atom. The second-order valence-electron chi connectivity index (χ2n) is 6.33. The van der Waals surface area contributed by atoms with Crippen molar-refractivity contribution < 1.29 is 37.9 Å². The van der Waals surface area contributed by atoms with Crippen molar-refractivity contribution >= 4 is 23.7 Å². The molecule has 0 aliphatic carbocycles. The summed E-state index contributed by atoms with van der Waals surface area (Å²) in [6.45, 7) is 0.603. The molecular weight excluding hydrogens is 426 g/mol. The van der Waals surface area contributed by atoms with E-state index in [2.05, 4.69) is 10.6 Å². The van der Waals surface area contributed by atoms with Crippen molar-refractivity contribution in [3.8, 4) is 5.75 Å². The number of esters is 2. The van der Waals surface area contributed by atoms with Gasteiger partial charge in [0.25, 0.3) is 0 Å². The van der Waals surface area contributed by atoms with Crippen LogP contribution >= 0.6 is 0 Å². The fourth-order valence-corrected chi connectivity index (χ4v) is 2.91. The van der Waals surface area contributed by atoms with Gasteiger partial charge < -0.3 is 29.3 Å². The second kappa shape index (κ2) is 10.1. The number of nitrogens with zero attached hydrogens (tertiary/aromatic N) is 1. The molecule has 3 rings (SSSR count). The van der Waals surface area contributed by atoms with Gasteiger partial charge >= 0.3 is 23.7 Å². The van der Waals surface area contributed by atoms with E-state index in [4.69, 9.17) is 18.6 Å². The number of benzene rings is 1. The van der Waals surface area contributed by atoms with Gasteiger partial charge in [0.05, 0.1) is 29.1 Å². The fraction of sp³-hybridized carbons (Fsp3) is 0.250. The lowest BCUT2D eigenvalue weighted by atomic mass is 10.0. The van der Waals surface area contributed by atoms with E-state index in [9.17, 15) is 24.5 Å². The van der Waals surface area contributed by atoms with E-state index in [0.29, 0.717) is 0 Å². The quantitative estimate of drug-likeness (QED) is 0.334. The van der Waals surface area contributed by atoms with Gasteiger partial charge in [-0.3, -0.25) is 10.1 Å². The maximum Gasteiger partial charge on any atom is 0.344 e. The summed E-state index contributed by atoms with van der Waals surface area (Å²) in [7, 11) is 0. The number of carbonyl (C=O) groups excluding carboxylic acids is 3. The number of para-hydroxylation sites is 2. The Labute approximate surface area is 181 Å². The standard InChI is InChI=1S/C20H19N3O9/c1-2-29-19(25)17-12(21-20(26)22-18(17)15-8-5-9-30-15)10-32-16(24)11-31-14-7-4-3-6-13(14)23(27)28/h3-9,18H,2,10-11H2,1H3,(H2,21,22,26). The van der Waals surface area contributed by atoms with E-state index in [-0.39, 0.29) is 35.1 Å². The summed E-state index contributed by atoms with van der Waals surface area (Å²) in [5.74, 6) is -1.43. The Balaban J connectivity index is 1.73. The molecular formula is C20H19N3O9. The van der Waals surface area contributed by atoms with E-state index in [0.717, 1.165) is 0 Å². The number of nitro groups is 1. The van der Waals surface area contributed by atoms with Gasteiger partial charge in [0.1, 0.15) is 18.4 Å². The number of ether oxygens (including phenoxy) is 3. The number of nitro benzene ring substituents is 1. The second-order valence-corrected chi connectivity index (χ2v) is 6.33. The number of furan rings is 1. The molecule has 0 fully saturated rings. The van der Waals surface area contributed by atoms with Gasteiger partial charge in [-0.05, 0) is 25.1 Å². The van der Waals surface area contributed by atoms with E-state index >= 15 is 0 Å². The molecule has 0 spiro atoms. The van der Waals surface area contributed by atoms with Crippen molar-refractivity contribution in [2.45, 2.75) is 13.0 Å². The summed E-state index contributed by atoms with van der Waals surface area (Å²) >= 11 is 0. The number of carbonyl (C=O) groups is 3. The summed E-state index contributed by atoms with van der Waals surface area (Å²) in [5, 5.41) is 16.0. The highest BCUT2D eigenvalue weighted by molar-refractivity contribution is 5.95. The largest absolute Gasteiger partial charge is 0.475 e. The normalized spacial score (nSPS) is 15.4. The molecule has 0 bridgehead atoms. The van der Waals surface area contributed by atoms with Crippen molar-refractivity contribution in [1.82, 2.24) is 10.6 Å². The fourth-order valence-electron chi connectivity index (χ4n) is 2.91. The minimum atomic E-state index is -0.949. The molecule has 0 saturated carbocycles. The molecule has 0 saturated heterocycles. The van der Waals surface area contributed by atoms with Crippen molar-refractivity contribution in [2.75, 3.05) is 19.8 Å². The lowest BCUT2D eigenvalue weighted by molar-refractivity contribution is -0.385. The van der Waals surface area contributed by atoms with Crippen LogP contribution in [0.5, 0.6) is 5.75 Å². The predicted molar refractivity (Wildman–Crippen MR) is 106 cm³/mol. The van der Waals surface area contributed by atoms with Crippen LogP contribution in [0.3, 0.4) is 0 Å². The van der Waals surface area contributed by atoms with Gasteiger partial charge in [-0.2, -0.15) is 0 Å². The molecule has 12 heteroatoms. The highest BCUT2D eigenvalue weighted by atomic mass is 16.6. The van der Waals surface area contributed by atoms with Gasteiger partial charge in [-0.1, -0.05) is 12.1 Å². The van der Waals surface area contributed by atoms with Crippen LogP contribution in [0.25, 0.3) is 0 Å². The molecule has 12 nitrogen and oxygen atoms in total. The molecule has 32 heavy (non-hydrogen) atoms. The summed E-state index contributed by atoms with van der Waals surface area (Å²) in [4.78, 5) is 47.1. The molecule has 2 aromatic rings. The van der Waals surface area contributed by atoms with Crippen LogP contribution in [0.15, 0.2) is 58.3 Å². The summed E-state index contributed by atoms with van der Waals surface area (Å²) in [6, 6.07) is 7.12. The number of amides is 2. The zero-order valence-electron chi connectivity index (χ0n) is 16.9. The number of nitrogens with one attached hydrogen (secondary N) is 2. The number of rotatable bonds is 9. The topological polar surface area (TPSA) is 159 Å². The van der Waals surface area contributed by atoms with E-state index in [1.54, 1.807) is 19.1 Å². The molecule has 1 aromatic carbocycles. The highest BCUT2D eigenvalue weighted by Gasteiger charge is 2.35. The molecule has 2 heterocycles. The SMILES string of the molecule is CCOC(=O)C1=C(COC(=O)COc2ccccc2[N+](=O)[O-])NC(=O)NC1c1ccco1. The van der Waals surface area contributed by atoms with Crippen molar-refractivity contribution in [3.63, 3.8) is 0 Å². The van der Waals surface area contributed by atoms with E-state index in [1.165, 1.54) is 30.5 Å². The van der Waals surface area contributed by atoms with Crippen LogP contribution in [0.1, 0.15) is 18.7 Å². The Bertz CT molecular complexity index is 1050. The zero-order valence-corrected chi connectivity index (χ0v) is 16.9. The summed E-state index contributed by atoms with van der Waals surface area (Å²) < 4.78 is 20.6. The summed E-state index contributed by atoms with van der Waals surface area (Å²) in [6.07, 6.45) is 1.38. The van der Waals surface area contributed by atoms with Crippen molar-refractivity contribution in [1.29, 1.82) is 0 Å². The Morgan fingerprint density at radius 3 is 2.66 bits per heavy atom. The van der Waals surface area contributed by atoms with Crippen LogP contribution in [-0.4, -0.2) is 42.7 Å². The number of urea groups is 1. The van der Waals surface area contributed by atoms with Crippen LogP contribution in [-0.2, 0) is 19.1 Å². The van der Waals surface area contributed by atoms with Gasteiger partial charge in [0.15, 0.2) is 12.4 Å². The van der Waals surface area contributed by atoms with Gasteiger partial charge in [-0.25, -0.2) is 14.4 Å². The van der Waals surface area contributed by atoms with Crippen LogP contribution < -0.4 is 15.4 Å². The van der Waals surface area contributed by atoms with E-state index < -0.39 is 42.1 Å². The predicted octanol–water partition coefficient (Wildman–Crippen LogP) is 1.98. The average molecular weight is 445 g/mol. The Morgan fingerprint density at radius 1 is 1.19 bits per heavy atom. The third-order valence-corrected chi connectivity index (χ3v) is 4.26. The van der Waals surface area contributed by atoms with E-state index in [1.807, 2.05) is 0 Å². The zero-order chi connectivity index (χ0) is 23.1. The Kier molecular flexibility index (Phi) is 7.06. The maximum absolute atomic E-state index is 12.5. The molecule has 0 radical (unpaired) electrons. The molecule has 2 amide bonds. The lowest BCUT2D eigenvalue weighted by Crippen LogP contribution is -2.47. The smallest absolute Gasteiger partial charge is 0.344 e. The minimum absolute atomic E-state index is 0.00708. The monoisotopic (exact) mass is 445 g/mol. The van der Waals surface area contributed by atoms with Crippen molar-refractivity contribution in [2.24, 2.45) is 0 Å². The minimum Gasteiger partial charge on any atom is -0.475 e. The molecule has 1 aliphatic heterocycles. The van der Waals surface area contributed by atoms with Crippen LogP contribution in [0, 0.1) is 10.1 Å². The molecule has 168 valence electrons. The molecule has 1 atom stereocenters.